The van der Waals surface area contributed by atoms with Crippen LogP contribution in [0.2, 0.25) is 0 Å². The molecular weight excluding hydrogens is 394 g/mol. The number of nitro groups is 2. The Morgan fingerprint density at radius 2 is 1.67 bits per heavy atom. The van der Waals surface area contributed by atoms with Gasteiger partial charge in [-0.3, -0.25) is 25.0 Å². The van der Waals surface area contributed by atoms with Crippen molar-refractivity contribution in [3.8, 4) is 0 Å². The number of nitrogens with zero attached hydrogens (tertiary/aromatic N) is 3. The van der Waals surface area contributed by atoms with E-state index in [1.807, 2.05) is 4.90 Å². The molecule has 10 heteroatoms. The van der Waals surface area contributed by atoms with Crippen LogP contribution in [0.3, 0.4) is 0 Å². The number of hydrogen-bond donors (Lipinski definition) is 0. The molecule has 3 rings (SSSR count). The van der Waals surface area contributed by atoms with Crippen LogP contribution in [0.25, 0.3) is 0 Å². The molecule has 1 aliphatic rings. The third kappa shape index (κ3) is 4.77. The highest BCUT2D eigenvalue weighted by Gasteiger charge is 2.24. The van der Waals surface area contributed by atoms with Gasteiger partial charge in [-0.05, 0) is 31.4 Å². The summed E-state index contributed by atoms with van der Waals surface area (Å²) in [6.45, 7) is 0.784. The van der Waals surface area contributed by atoms with E-state index in [9.17, 15) is 29.8 Å². The molecule has 0 aliphatic carbocycles. The zero-order valence-corrected chi connectivity index (χ0v) is 16.0. The quantitative estimate of drug-likeness (QED) is 0.291. The Morgan fingerprint density at radius 1 is 0.933 bits per heavy atom. The second kappa shape index (κ2) is 9.12. The van der Waals surface area contributed by atoms with Crippen LogP contribution < -0.4 is 4.90 Å². The van der Waals surface area contributed by atoms with E-state index in [0.29, 0.717) is 18.8 Å². The lowest BCUT2D eigenvalue weighted by molar-refractivity contribution is -0.384. The molecule has 2 aromatic rings. The lowest BCUT2D eigenvalue weighted by atomic mass is 10.1. The van der Waals surface area contributed by atoms with Crippen molar-refractivity contribution in [2.45, 2.75) is 19.3 Å². The molecule has 0 saturated carbocycles. The number of benzene rings is 2. The normalized spacial score (nSPS) is 13.5. The zero-order chi connectivity index (χ0) is 21.7. The van der Waals surface area contributed by atoms with E-state index in [4.69, 9.17) is 4.74 Å². The van der Waals surface area contributed by atoms with Crippen LogP contribution >= 0.6 is 0 Å². The molecule has 1 heterocycles. The van der Waals surface area contributed by atoms with E-state index < -0.39 is 28.2 Å². The summed E-state index contributed by atoms with van der Waals surface area (Å²) in [7, 11) is 0. The molecule has 10 nitrogen and oxygen atoms in total. The number of Topliss-reactive ketones (excluding diaryl/α,β-unsaturated/α-hetero) is 1. The third-order valence-electron chi connectivity index (χ3n) is 4.82. The van der Waals surface area contributed by atoms with Gasteiger partial charge in [0.25, 0.3) is 11.4 Å². The molecule has 0 radical (unpaired) electrons. The van der Waals surface area contributed by atoms with Crippen LogP contribution in [0.1, 0.15) is 40.0 Å². The standard InChI is InChI=1S/C20H19N3O7/c24-19(14-5-4-6-16(11-14)22(26)27)13-30-20(25)15-7-8-17(18(12-15)23(28)29)21-9-2-1-3-10-21/h4-8,11-12H,1-3,9-10,13H2. The number of ether oxygens (including phenoxy) is 1. The number of esters is 1. The first-order valence-electron chi connectivity index (χ1n) is 9.35. The first-order valence-corrected chi connectivity index (χ1v) is 9.35. The van der Waals surface area contributed by atoms with Gasteiger partial charge in [0.15, 0.2) is 6.61 Å². The van der Waals surface area contributed by atoms with Gasteiger partial charge in [-0.2, -0.15) is 0 Å². The summed E-state index contributed by atoms with van der Waals surface area (Å²) in [6.07, 6.45) is 2.97. The summed E-state index contributed by atoms with van der Waals surface area (Å²) in [5.41, 5.74) is -0.0193. The molecule has 1 aliphatic heterocycles. The smallest absolute Gasteiger partial charge is 0.338 e. The highest BCUT2D eigenvalue weighted by molar-refractivity contribution is 6.00. The van der Waals surface area contributed by atoms with Crippen molar-refractivity contribution in [1.29, 1.82) is 0 Å². The summed E-state index contributed by atoms with van der Waals surface area (Å²) in [6, 6.07) is 9.15. The minimum Gasteiger partial charge on any atom is -0.454 e. The van der Waals surface area contributed by atoms with Crippen molar-refractivity contribution in [1.82, 2.24) is 0 Å². The Balaban J connectivity index is 1.71. The second-order valence-corrected chi connectivity index (χ2v) is 6.82. The molecule has 0 unspecified atom stereocenters. The number of nitro benzene ring substituents is 2. The SMILES string of the molecule is O=C(COC(=O)c1ccc(N2CCCCC2)c([N+](=O)[O-])c1)c1cccc([N+](=O)[O-])c1. The number of non-ortho nitro benzene ring substituents is 1. The van der Waals surface area contributed by atoms with E-state index >= 15 is 0 Å². The molecule has 0 bridgehead atoms. The van der Waals surface area contributed by atoms with Gasteiger partial charge in [-0.25, -0.2) is 4.79 Å². The Labute approximate surface area is 171 Å². The number of hydrogen-bond acceptors (Lipinski definition) is 8. The van der Waals surface area contributed by atoms with Crippen LogP contribution in [0.15, 0.2) is 42.5 Å². The predicted octanol–water partition coefficient (Wildman–Crippen LogP) is 3.53. The molecule has 0 N–H and O–H groups in total. The van der Waals surface area contributed by atoms with Crippen LogP contribution in [-0.4, -0.2) is 41.3 Å². The average molecular weight is 413 g/mol. The van der Waals surface area contributed by atoms with Crippen LogP contribution in [0.4, 0.5) is 17.1 Å². The summed E-state index contributed by atoms with van der Waals surface area (Å²) in [4.78, 5) is 47.5. The number of carbonyl (C=O) groups is 2. The monoisotopic (exact) mass is 413 g/mol. The second-order valence-electron chi connectivity index (χ2n) is 6.82. The Bertz CT molecular complexity index is 1000. The summed E-state index contributed by atoms with van der Waals surface area (Å²) in [5.74, 6) is -1.51. The Hall–Kier alpha value is -3.82. The molecule has 1 saturated heterocycles. The van der Waals surface area contributed by atoms with Gasteiger partial charge in [0, 0.05) is 36.9 Å². The van der Waals surface area contributed by atoms with E-state index in [2.05, 4.69) is 0 Å². The molecule has 1 fully saturated rings. The van der Waals surface area contributed by atoms with Crippen LogP contribution in [0.5, 0.6) is 0 Å². The molecule has 30 heavy (non-hydrogen) atoms. The zero-order valence-electron chi connectivity index (χ0n) is 16.0. The Kier molecular flexibility index (Phi) is 6.35. The fraction of sp³-hybridized carbons (Fsp3) is 0.300. The first kappa shape index (κ1) is 20.9. The highest BCUT2D eigenvalue weighted by Crippen LogP contribution is 2.31. The van der Waals surface area contributed by atoms with E-state index in [1.54, 1.807) is 0 Å². The maximum absolute atomic E-state index is 12.3. The molecule has 0 spiro atoms. The van der Waals surface area contributed by atoms with Crippen molar-refractivity contribution in [2.75, 3.05) is 24.6 Å². The average Bonchev–Trinajstić information content (AvgIpc) is 2.77. The van der Waals surface area contributed by atoms with Crippen LogP contribution in [-0.2, 0) is 4.74 Å². The fourth-order valence-corrected chi connectivity index (χ4v) is 3.29. The van der Waals surface area contributed by atoms with Gasteiger partial charge >= 0.3 is 5.97 Å². The number of carbonyl (C=O) groups excluding carboxylic acids is 2. The summed E-state index contributed by atoms with van der Waals surface area (Å²) in [5, 5.41) is 22.3. The van der Waals surface area contributed by atoms with Gasteiger partial charge in [0.2, 0.25) is 5.78 Å². The molecule has 2 aromatic carbocycles. The maximum Gasteiger partial charge on any atom is 0.338 e. The minimum absolute atomic E-state index is 0.0310. The summed E-state index contributed by atoms with van der Waals surface area (Å²) < 4.78 is 4.97. The minimum atomic E-state index is -0.887. The number of rotatable bonds is 7. The molecule has 0 atom stereocenters. The van der Waals surface area contributed by atoms with Gasteiger partial charge in [0.1, 0.15) is 5.69 Å². The van der Waals surface area contributed by atoms with Crippen molar-refractivity contribution in [2.24, 2.45) is 0 Å². The highest BCUT2D eigenvalue weighted by atomic mass is 16.6. The van der Waals surface area contributed by atoms with Gasteiger partial charge in [-0.15, -0.1) is 0 Å². The van der Waals surface area contributed by atoms with E-state index in [1.165, 1.54) is 30.3 Å². The Morgan fingerprint density at radius 3 is 2.33 bits per heavy atom. The van der Waals surface area contributed by atoms with Gasteiger partial charge in [-0.1, -0.05) is 12.1 Å². The lowest BCUT2D eigenvalue weighted by Crippen LogP contribution is -2.30. The molecule has 0 amide bonds. The van der Waals surface area contributed by atoms with Crippen molar-refractivity contribution in [3.05, 3.63) is 73.8 Å². The van der Waals surface area contributed by atoms with Crippen molar-refractivity contribution < 1.29 is 24.2 Å². The maximum atomic E-state index is 12.3. The van der Waals surface area contributed by atoms with Gasteiger partial charge in [0.05, 0.1) is 15.4 Å². The molecular formula is C20H19N3O7. The number of piperidine rings is 1. The summed E-state index contributed by atoms with van der Waals surface area (Å²) >= 11 is 0. The fourth-order valence-electron chi connectivity index (χ4n) is 3.29. The topological polar surface area (TPSA) is 133 Å². The third-order valence-corrected chi connectivity index (χ3v) is 4.82. The van der Waals surface area contributed by atoms with E-state index in [0.717, 1.165) is 31.4 Å². The largest absolute Gasteiger partial charge is 0.454 e. The molecule has 156 valence electrons. The van der Waals surface area contributed by atoms with Crippen molar-refractivity contribution in [3.63, 3.8) is 0 Å². The molecule has 0 aromatic heterocycles. The number of anilines is 1. The van der Waals surface area contributed by atoms with Crippen molar-refractivity contribution >= 4 is 28.8 Å². The van der Waals surface area contributed by atoms with E-state index in [-0.39, 0.29) is 22.5 Å². The number of ketones is 1. The van der Waals surface area contributed by atoms with Gasteiger partial charge < -0.3 is 9.64 Å². The lowest BCUT2D eigenvalue weighted by Gasteiger charge is -2.28. The first-order chi connectivity index (χ1) is 14.4. The van der Waals surface area contributed by atoms with Crippen LogP contribution in [0, 0.1) is 20.2 Å². The predicted molar refractivity (Wildman–Crippen MR) is 107 cm³/mol.